The Morgan fingerprint density at radius 2 is 1.54 bits per heavy atom. The fraction of sp³-hybridized carbons (Fsp3) is 0.240. The highest BCUT2D eigenvalue weighted by Crippen LogP contribution is 2.57. The summed E-state index contributed by atoms with van der Waals surface area (Å²) in [5.41, 5.74) is 3.30. The number of halogens is 1. The third kappa shape index (κ3) is 3.57. The number of carbonyl (C=O) groups excluding carboxylic acids is 1. The highest BCUT2D eigenvalue weighted by molar-refractivity contribution is 5.91. The molecule has 0 bridgehead atoms. The lowest BCUT2D eigenvalue weighted by Crippen LogP contribution is -2.09. The number of esters is 1. The number of hydrogen-bond donors (Lipinski definition) is 0. The minimum Gasteiger partial charge on any atom is -0.423 e. The number of ether oxygens (including phenoxy) is 1. The lowest BCUT2D eigenvalue weighted by atomic mass is 10.0. The van der Waals surface area contributed by atoms with Gasteiger partial charge in [0.05, 0.1) is 5.56 Å². The van der Waals surface area contributed by atoms with Crippen LogP contribution >= 0.6 is 0 Å². The van der Waals surface area contributed by atoms with E-state index in [9.17, 15) is 9.18 Å². The first-order chi connectivity index (χ1) is 13.5. The topological polar surface area (TPSA) is 26.3 Å². The van der Waals surface area contributed by atoms with Gasteiger partial charge in [-0.25, -0.2) is 9.18 Å². The molecule has 0 radical (unpaired) electrons. The quantitative estimate of drug-likeness (QED) is 0.377. The summed E-state index contributed by atoms with van der Waals surface area (Å²) in [6.07, 6.45) is 1.42. The molecule has 2 atom stereocenters. The molecule has 1 aliphatic rings. The van der Waals surface area contributed by atoms with Crippen LogP contribution in [-0.4, -0.2) is 5.97 Å². The molecule has 2 unspecified atom stereocenters. The molecule has 0 aromatic heterocycles. The average Bonchev–Trinajstić information content (AvgIpc) is 3.41. The number of hydrogen-bond acceptors (Lipinski definition) is 2. The Bertz CT molecular complexity index is 975. The fourth-order valence-corrected chi connectivity index (χ4v) is 3.63. The first-order valence-electron chi connectivity index (χ1n) is 9.68. The summed E-state index contributed by atoms with van der Waals surface area (Å²) in [5, 5.41) is 0. The zero-order valence-corrected chi connectivity index (χ0v) is 16.1. The summed E-state index contributed by atoms with van der Waals surface area (Å²) < 4.78 is 20.1. The van der Waals surface area contributed by atoms with Gasteiger partial charge in [0.2, 0.25) is 0 Å². The number of benzene rings is 3. The molecule has 0 aliphatic heterocycles. The van der Waals surface area contributed by atoms with Gasteiger partial charge in [0.1, 0.15) is 11.4 Å². The van der Waals surface area contributed by atoms with Gasteiger partial charge in [-0.3, -0.25) is 0 Å². The Kier molecular flexibility index (Phi) is 4.76. The lowest BCUT2D eigenvalue weighted by Gasteiger charge is -2.10. The van der Waals surface area contributed by atoms with Gasteiger partial charge in [-0.2, -0.15) is 0 Å². The molecule has 0 saturated heterocycles. The van der Waals surface area contributed by atoms with Crippen molar-refractivity contribution in [3.05, 3.63) is 89.5 Å². The minimum atomic E-state index is -1.21. The zero-order valence-electron chi connectivity index (χ0n) is 16.1. The van der Waals surface area contributed by atoms with E-state index in [0.29, 0.717) is 23.3 Å². The van der Waals surface area contributed by atoms with Crippen molar-refractivity contribution in [1.82, 2.24) is 0 Å². The molecule has 4 rings (SSSR count). The van der Waals surface area contributed by atoms with Gasteiger partial charge in [0.15, 0.2) is 0 Å². The van der Waals surface area contributed by atoms with Crippen molar-refractivity contribution in [3.63, 3.8) is 0 Å². The number of rotatable bonds is 5. The normalized spacial score (nSPS) is 20.6. The van der Waals surface area contributed by atoms with Gasteiger partial charge < -0.3 is 4.74 Å². The predicted octanol–water partition coefficient (Wildman–Crippen LogP) is 6.48. The summed E-state index contributed by atoms with van der Waals surface area (Å²) in [4.78, 5) is 12.4. The molecule has 0 amide bonds. The fourth-order valence-electron chi connectivity index (χ4n) is 3.63. The van der Waals surface area contributed by atoms with Gasteiger partial charge in [0, 0.05) is 5.92 Å². The van der Waals surface area contributed by atoms with Gasteiger partial charge in [-0.05, 0) is 60.7 Å². The highest BCUT2D eigenvalue weighted by atomic mass is 19.1. The molecular formula is C25H23FO2. The van der Waals surface area contributed by atoms with Crippen molar-refractivity contribution >= 4 is 5.97 Å². The third-order valence-corrected chi connectivity index (χ3v) is 5.57. The Morgan fingerprint density at radius 3 is 2.07 bits per heavy atom. The molecule has 1 saturated carbocycles. The van der Waals surface area contributed by atoms with Crippen LogP contribution in [0.4, 0.5) is 4.39 Å². The average molecular weight is 374 g/mol. The van der Waals surface area contributed by atoms with E-state index >= 15 is 0 Å². The van der Waals surface area contributed by atoms with Gasteiger partial charge >= 0.3 is 5.97 Å². The van der Waals surface area contributed by atoms with Crippen molar-refractivity contribution in [2.45, 2.75) is 32.4 Å². The standard InChI is InChI=1S/C25H23FO2/c1-3-21-16-25(21,26)22-12-14-23(15-13-22)28-24(27)20-10-8-19(9-11-20)18-6-4-17(2)5-7-18/h4-15,21H,3,16H2,1-2H3. The Labute approximate surface area is 165 Å². The van der Waals surface area contributed by atoms with E-state index in [-0.39, 0.29) is 5.92 Å². The van der Waals surface area contributed by atoms with Crippen molar-refractivity contribution in [2.75, 3.05) is 0 Å². The third-order valence-electron chi connectivity index (χ3n) is 5.57. The Morgan fingerprint density at radius 1 is 0.964 bits per heavy atom. The van der Waals surface area contributed by atoms with Crippen molar-refractivity contribution < 1.29 is 13.9 Å². The predicted molar refractivity (Wildman–Crippen MR) is 109 cm³/mol. The Balaban J connectivity index is 1.43. The second-order valence-electron chi connectivity index (χ2n) is 7.53. The SMILES string of the molecule is CCC1CC1(F)c1ccc(OC(=O)c2ccc(-c3ccc(C)cc3)cc2)cc1. The van der Waals surface area contributed by atoms with Crippen LogP contribution in [0.3, 0.4) is 0 Å². The van der Waals surface area contributed by atoms with Crippen molar-refractivity contribution in [1.29, 1.82) is 0 Å². The molecule has 0 spiro atoms. The molecule has 0 heterocycles. The molecule has 0 N–H and O–H groups in total. The van der Waals surface area contributed by atoms with Crippen LogP contribution in [0.25, 0.3) is 11.1 Å². The second-order valence-corrected chi connectivity index (χ2v) is 7.53. The Hall–Kier alpha value is -2.94. The van der Waals surface area contributed by atoms with E-state index < -0.39 is 11.6 Å². The van der Waals surface area contributed by atoms with Crippen LogP contribution in [-0.2, 0) is 5.67 Å². The van der Waals surface area contributed by atoms with Crippen LogP contribution in [0.1, 0.15) is 41.3 Å². The summed E-state index contributed by atoms with van der Waals surface area (Å²) in [7, 11) is 0. The highest BCUT2D eigenvalue weighted by Gasteiger charge is 2.55. The lowest BCUT2D eigenvalue weighted by molar-refractivity contribution is 0.0734. The van der Waals surface area contributed by atoms with E-state index in [1.54, 1.807) is 36.4 Å². The monoisotopic (exact) mass is 374 g/mol. The first kappa shape index (κ1) is 18.4. The number of alkyl halides is 1. The molecule has 3 heteroatoms. The molecule has 3 aromatic carbocycles. The van der Waals surface area contributed by atoms with Crippen LogP contribution in [0, 0.1) is 12.8 Å². The van der Waals surface area contributed by atoms with Crippen LogP contribution in [0.5, 0.6) is 5.75 Å². The molecule has 2 nitrogen and oxygen atoms in total. The number of aryl methyl sites for hydroxylation is 1. The maximum atomic E-state index is 14.6. The smallest absolute Gasteiger partial charge is 0.343 e. The van der Waals surface area contributed by atoms with Crippen molar-refractivity contribution in [2.24, 2.45) is 5.92 Å². The van der Waals surface area contributed by atoms with Crippen LogP contribution < -0.4 is 4.74 Å². The molecule has 1 aliphatic carbocycles. The maximum absolute atomic E-state index is 14.6. The summed E-state index contributed by atoms with van der Waals surface area (Å²) in [6, 6.07) is 22.4. The largest absolute Gasteiger partial charge is 0.423 e. The maximum Gasteiger partial charge on any atom is 0.343 e. The number of carbonyl (C=O) groups is 1. The molecule has 3 aromatic rings. The van der Waals surface area contributed by atoms with E-state index in [1.165, 1.54) is 5.56 Å². The van der Waals surface area contributed by atoms with E-state index in [0.717, 1.165) is 17.5 Å². The zero-order chi connectivity index (χ0) is 19.7. The first-order valence-corrected chi connectivity index (χ1v) is 9.68. The molecular weight excluding hydrogens is 351 g/mol. The summed E-state index contributed by atoms with van der Waals surface area (Å²) >= 11 is 0. The molecule has 28 heavy (non-hydrogen) atoms. The van der Waals surface area contributed by atoms with Crippen LogP contribution in [0.2, 0.25) is 0 Å². The van der Waals surface area contributed by atoms with Gasteiger partial charge in [-0.1, -0.05) is 61.0 Å². The minimum absolute atomic E-state index is 0.105. The van der Waals surface area contributed by atoms with E-state index in [4.69, 9.17) is 4.74 Å². The summed E-state index contributed by atoms with van der Waals surface area (Å²) in [5.74, 6) is 0.109. The van der Waals surface area contributed by atoms with E-state index in [2.05, 4.69) is 31.2 Å². The van der Waals surface area contributed by atoms with Crippen LogP contribution in [0.15, 0.2) is 72.8 Å². The van der Waals surface area contributed by atoms with Gasteiger partial charge in [0.25, 0.3) is 0 Å². The van der Waals surface area contributed by atoms with Gasteiger partial charge in [-0.15, -0.1) is 0 Å². The van der Waals surface area contributed by atoms with Crippen molar-refractivity contribution in [3.8, 4) is 16.9 Å². The van der Waals surface area contributed by atoms with E-state index in [1.807, 2.05) is 19.1 Å². The summed E-state index contributed by atoms with van der Waals surface area (Å²) in [6.45, 7) is 4.06. The molecule has 142 valence electrons. The second kappa shape index (κ2) is 7.23. The molecule has 1 fully saturated rings.